The van der Waals surface area contributed by atoms with Gasteiger partial charge in [-0.3, -0.25) is 9.52 Å². The number of sulfonamides is 1. The molecule has 3 aromatic rings. The monoisotopic (exact) mass is 582 g/mol. The number of anilines is 2. The van der Waals surface area contributed by atoms with Gasteiger partial charge in [0.05, 0.1) is 5.56 Å². The third-order valence-corrected chi connectivity index (χ3v) is 7.03. The van der Waals surface area contributed by atoms with Crippen LogP contribution in [-0.2, 0) is 21.4 Å². The molecule has 1 amide bonds. The highest BCUT2D eigenvalue weighted by molar-refractivity contribution is 7.92. The van der Waals surface area contributed by atoms with Gasteiger partial charge in [0.1, 0.15) is 10.7 Å². The molecule has 3 aromatic carbocycles. The van der Waals surface area contributed by atoms with Crippen molar-refractivity contribution < 1.29 is 40.7 Å². The van der Waals surface area contributed by atoms with Crippen LogP contribution in [0.3, 0.4) is 0 Å². The Morgan fingerprint density at radius 2 is 1.55 bits per heavy atom. The normalized spacial score (nSPS) is 13.6. The summed E-state index contributed by atoms with van der Waals surface area (Å²) in [4.78, 5) is 23.7. The molecule has 9 nitrogen and oxygen atoms in total. The summed E-state index contributed by atoms with van der Waals surface area (Å²) in [5, 5.41) is 13.3. The Balaban J connectivity index is 0.000000559. The number of aliphatic carboxylic acids is 1. The van der Waals surface area contributed by atoms with Gasteiger partial charge in [0.15, 0.2) is 0 Å². The van der Waals surface area contributed by atoms with Crippen molar-refractivity contribution >= 4 is 33.3 Å². The topological polar surface area (TPSA) is 128 Å². The third kappa shape index (κ3) is 8.41. The molecule has 4 N–H and O–H groups in total. The van der Waals surface area contributed by atoms with Crippen LogP contribution in [0.15, 0.2) is 77.7 Å². The molecule has 1 fully saturated rings. The van der Waals surface area contributed by atoms with Crippen molar-refractivity contribution in [3.8, 4) is 0 Å². The largest absolute Gasteiger partial charge is 0.490 e. The van der Waals surface area contributed by atoms with E-state index in [0.29, 0.717) is 12.1 Å². The number of rotatable bonds is 7. The standard InChI is InChI=1S/C24H25FN4O3S.C2HF3O2/c25-21-8-4-5-9-23(21)33(31,32)28-19-10-11-22(29-14-12-26-13-15-29)20(16-19)24(30)27-17-18-6-2-1-3-7-18;3-2(4,5)1(6)7/h1-11,16,26,28H,12-15,17H2,(H,27,30);(H,6,7). The van der Waals surface area contributed by atoms with E-state index in [9.17, 15) is 30.8 Å². The lowest BCUT2D eigenvalue weighted by atomic mass is 10.1. The van der Waals surface area contributed by atoms with E-state index in [1.807, 2.05) is 30.3 Å². The van der Waals surface area contributed by atoms with Crippen LogP contribution in [0.4, 0.5) is 28.9 Å². The minimum atomic E-state index is -5.08. The van der Waals surface area contributed by atoms with E-state index in [1.165, 1.54) is 24.3 Å². The van der Waals surface area contributed by atoms with Crippen molar-refractivity contribution in [3.05, 3.63) is 89.7 Å². The van der Waals surface area contributed by atoms with Gasteiger partial charge in [0, 0.05) is 44.1 Å². The highest BCUT2D eigenvalue weighted by Crippen LogP contribution is 2.27. The average molecular weight is 583 g/mol. The highest BCUT2D eigenvalue weighted by atomic mass is 32.2. The molecule has 0 aliphatic carbocycles. The van der Waals surface area contributed by atoms with Crippen LogP contribution in [0.1, 0.15) is 15.9 Å². The number of alkyl halides is 3. The lowest BCUT2D eigenvalue weighted by Crippen LogP contribution is -2.44. The zero-order valence-corrected chi connectivity index (χ0v) is 21.7. The first-order chi connectivity index (χ1) is 18.9. The third-order valence-electron chi connectivity index (χ3n) is 5.62. The number of carbonyl (C=O) groups excluding carboxylic acids is 1. The van der Waals surface area contributed by atoms with Gasteiger partial charge in [-0.2, -0.15) is 13.2 Å². The number of nitrogens with one attached hydrogen (secondary N) is 3. The molecule has 0 atom stereocenters. The molecular formula is C26H26F4N4O5S. The number of carbonyl (C=O) groups is 2. The summed E-state index contributed by atoms with van der Waals surface area (Å²) in [5.41, 5.74) is 2.20. The van der Waals surface area contributed by atoms with E-state index in [4.69, 9.17) is 9.90 Å². The number of halogens is 4. The maximum Gasteiger partial charge on any atom is 0.490 e. The Kier molecular flexibility index (Phi) is 10.1. The SMILES string of the molecule is O=C(NCc1ccccc1)c1cc(NS(=O)(=O)c2ccccc2F)ccc1N1CCNCC1.O=C(O)C(F)(F)F. The van der Waals surface area contributed by atoms with Gasteiger partial charge in [0.2, 0.25) is 0 Å². The van der Waals surface area contributed by atoms with E-state index in [2.05, 4.69) is 20.3 Å². The second-order valence-electron chi connectivity index (χ2n) is 8.48. The summed E-state index contributed by atoms with van der Waals surface area (Å²) in [7, 11) is -4.16. The quantitative estimate of drug-likeness (QED) is 0.314. The number of amides is 1. The Bertz CT molecular complexity index is 1430. The van der Waals surface area contributed by atoms with Gasteiger partial charge >= 0.3 is 12.1 Å². The number of piperazine rings is 1. The molecule has 0 unspecified atom stereocenters. The summed E-state index contributed by atoms with van der Waals surface area (Å²) >= 11 is 0. The number of hydrogen-bond acceptors (Lipinski definition) is 6. The van der Waals surface area contributed by atoms with Gasteiger partial charge in [0.25, 0.3) is 15.9 Å². The maximum atomic E-state index is 14.1. The highest BCUT2D eigenvalue weighted by Gasteiger charge is 2.38. The predicted molar refractivity (Wildman–Crippen MR) is 140 cm³/mol. The van der Waals surface area contributed by atoms with Gasteiger partial charge in [-0.15, -0.1) is 0 Å². The molecule has 214 valence electrons. The molecular weight excluding hydrogens is 556 g/mol. The Morgan fingerprint density at radius 1 is 0.950 bits per heavy atom. The van der Waals surface area contributed by atoms with E-state index in [1.54, 1.807) is 12.1 Å². The Labute approximate surface area is 227 Å². The smallest absolute Gasteiger partial charge is 0.475 e. The number of hydrogen-bond donors (Lipinski definition) is 4. The second-order valence-corrected chi connectivity index (χ2v) is 10.1. The summed E-state index contributed by atoms with van der Waals surface area (Å²) in [5.74, 6) is -3.92. The second kappa shape index (κ2) is 13.3. The summed E-state index contributed by atoms with van der Waals surface area (Å²) in [6.07, 6.45) is -5.08. The van der Waals surface area contributed by atoms with Crippen LogP contribution < -0.4 is 20.3 Å². The van der Waals surface area contributed by atoms with Crippen LogP contribution >= 0.6 is 0 Å². The van der Waals surface area contributed by atoms with Gasteiger partial charge in [-0.25, -0.2) is 17.6 Å². The minimum Gasteiger partial charge on any atom is -0.475 e. The predicted octanol–water partition coefficient (Wildman–Crippen LogP) is 3.60. The van der Waals surface area contributed by atoms with Crippen molar-refractivity contribution in [1.82, 2.24) is 10.6 Å². The van der Waals surface area contributed by atoms with Gasteiger partial charge in [-0.1, -0.05) is 42.5 Å². The van der Waals surface area contributed by atoms with Crippen LogP contribution in [-0.4, -0.2) is 57.8 Å². The summed E-state index contributed by atoms with van der Waals surface area (Å²) in [6.45, 7) is 3.35. The van der Waals surface area contributed by atoms with E-state index in [0.717, 1.165) is 43.5 Å². The molecule has 14 heteroatoms. The van der Waals surface area contributed by atoms with Gasteiger partial charge < -0.3 is 20.6 Å². The van der Waals surface area contributed by atoms with Crippen molar-refractivity contribution in [2.24, 2.45) is 0 Å². The van der Waals surface area contributed by atoms with Crippen molar-refractivity contribution in [2.45, 2.75) is 17.6 Å². The molecule has 0 spiro atoms. The molecule has 40 heavy (non-hydrogen) atoms. The van der Waals surface area contributed by atoms with E-state index >= 15 is 0 Å². The summed E-state index contributed by atoms with van der Waals surface area (Å²) in [6, 6.07) is 19.5. The first-order valence-corrected chi connectivity index (χ1v) is 13.4. The minimum absolute atomic E-state index is 0.182. The molecule has 1 aliphatic rings. The first kappa shape index (κ1) is 30.4. The molecule has 0 aromatic heterocycles. The van der Waals surface area contributed by atoms with Gasteiger partial charge in [-0.05, 0) is 35.9 Å². The maximum absolute atomic E-state index is 14.1. The first-order valence-electron chi connectivity index (χ1n) is 11.9. The fourth-order valence-electron chi connectivity index (χ4n) is 3.71. The fraction of sp³-hybridized carbons (Fsp3) is 0.231. The van der Waals surface area contributed by atoms with E-state index in [-0.39, 0.29) is 11.6 Å². The number of carboxylic acids is 1. The summed E-state index contributed by atoms with van der Waals surface area (Å²) < 4.78 is 73.7. The molecule has 0 saturated carbocycles. The average Bonchev–Trinajstić information content (AvgIpc) is 2.92. The fourth-order valence-corrected chi connectivity index (χ4v) is 4.84. The van der Waals surface area contributed by atoms with Crippen molar-refractivity contribution in [2.75, 3.05) is 35.8 Å². The zero-order chi connectivity index (χ0) is 29.3. The van der Waals surface area contributed by atoms with Crippen molar-refractivity contribution in [1.29, 1.82) is 0 Å². The lowest BCUT2D eigenvalue weighted by molar-refractivity contribution is -0.192. The van der Waals surface area contributed by atoms with E-state index < -0.39 is 32.9 Å². The Hall–Kier alpha value is -4.17. The number of nitrogens with zero attached hydrogens (tertiary/aromatic N) is 1. The molecule has 1 heterocycles. The van der Waals surface area contributed by atoms with Crippen LogP contribution in [0.5, 0.6) is 0 Å². The Morgan fingerprint density at radius 3 is 2.15 bits per heavy atom. The lowest BCUT2D eigenvalue weighted by Gasteiger charge is -2.31. The molecule has 0 radical (unpaired) electrons. The molecule has 4 rings (SSSR count). The van der Waals surface area contributed by atoms with Crippen molar-refractivity contribution in [3.63, 3.8) is 0 Å². The van der Waals surface area contributed by atoms with Crippen LogP contribution in [0.25, 0.3) is 0 Å². The molecule has 0 bridgehead atoms. The number of carboxylic acid groups (broad SMARTS) is 1. The zero-order valence-electron chi connectivity index (χ0n) is 20.9. The molecule has 1 saturated heterocycles. The number of benzene rings is 3. The van der Waals surface area contributed by atoms with Crippen LogP contribution in [0.2, 0.25) is 0 Å². The van der Waals surface area contributed by atoms with Crippen LogP contribution in [0, 0.1) is 5.82 Å². The molecule has 1 aliphatic heterocycles.